The van der Waals surface area contributed by atoms with Crippen molar-refractivity contribution in [2.24, 2.45) is 5.92 Å². The van der Waals surface area contributed by atoms with Gasteiger partial charge in [0.2, 0.25) is 5.78 Å². The third-order valence-corrected chi connectivity index (χ3v) is 5.82. The maximum absolute atomic E-state index is 12.9. The highest BCUT2D eigenvalue weighted by atomic mass is 16.5. The van der Waals surface area contributed by atoms with E-state index in [-0.39, 0.29) is 23.4 Å². The van der Waals surface area contributed by atoms with E-state index in [2.05, 4.69) is 0 Å². The van der Waals surface area contributed by atoms with Crippen molar-refractivity contribution in [2.75, 3.05) is 21.3 Å². The van der Waals surface area contributed by atoms with Gasteiger partial charge in [-0.15, -0.1) is 0 Å². The van der Waals surface area contributed by atoms with Crippen molar-refractivity contribution in [1.82, 2.24) is 0 Å². The van der Waals surface area contributed by atoms with Crippen LogP contribution in [0.25, 0.3) is 6.08 Å². The second-order valence-corrected chi connectivity index (χ2v) is 7.80. The fraction of sp³-hybridized carbons (Fsp3) is 0.360. The first-order valence-corrected chi connectivity index (χ1v) is 10.6. The van der Waals surface area contributed by atoms with E-state index < -0.39 is 0 Å². The van der Waals surface area contributed by atoms with Gasteiger partial charge in [0.15, 0.2) is 17.3 Å². The minimum atomic E-state index is -0.262. The summed E-state index contributed by atoms with van der Waals surface area (Å²) in [5.41, 5.74) is 1.01. The molecular formula is C25H26O7. The first kappa shape index (κ1) is 21.7. The molecule has 1 aliphatic carbocycles. The molecule has 1 aliphatic heterocycles. The van der Waals surface area contributed by atoms with E-state index in [0.29, 0.717) is 39.9 Å². The predicted octanol–water partition coefficient (Wildman–Crippen LogP) is 4.81. The second kappa shape index (κ2) is 9.34. The summed E-state index contributed by atoms with van der Waals surface area (Å²) in [7, 11) is 4.60. The minimum absolute atomic E-state index is 0.0625. The highest BCUT2D eigenvalue weighted by molar-refractivity contribution is 6.14. The summed E-state index contributed by atoms with van der Waals surface area (Å²) in [4.78, 5) is 25.3. The van der Waals surface area contributed by atoms with E-state index in [1.54, 1.807) is 36.4 Å². The molecule has 4 rings (SSSR count). The number of allylic oxidation sites excluding steroid dienone is 1. The van der Waals surface area contributed by atoms with Crippen molar-refractivity contribution in [2.45, 2.75) is 32.1 Å². The molecule has 168 valence electrons. The number of carbonyl (C=O) groups is 2. The minimum Gasteiger partial charge on any atom is -0.496 e. The first-order valence-electron chi connectivity index (χ1n) is 10.6. The number of benzene rings is 2. The van der Waals surface area contributed by atoms with Gasteiger partial charge in [-0.05, 0) is 37.1 Å². The third kappa shape index (κ3) is 4.28. The number of ether oxygens (including phenoxy) is 5. The number of Topliss-reactive ketones (excluding diaryl/α,β-unsaturated/α-hetero) is 1. The number of rotatable bonds is 6. The summed E-state index contributed by atoms with van der Waals surface area (Å²) in [6.45, 7) is 0. The molecule has 32 heavy (non-hydrogen) atoms. The van der Waals surface area contributed by atoms with Gasteiger partial charge in [-0.2, -0.15) is 0 Å². The highest BCUT2D eigenvalue weighted by Crippen LogP contribution is 2.39. The quantitative estimate of drug-likeness (QED) is 0.364. The standard InChI is InChI=1S/C25H26O7/c1-28-19-14-22(30-3)21(29-2)11-16(19)12-23-24(26)18-10-9-17(13-20(18)32-23)31-25(27)15-7-5-4-6-8-15/h9-15H,4-8H2,1-3H3/b23-12-. The smallest absolute Gasteiger partial charge is 0.314 e. The Labute approximate surface area is 186 Å². The molecular weight excluding hydrogens is 412 g/mol. The molecule has 0 bridgehead atoms. The highest BCUT2D eigenvalue weighted by Gasteiger charge is 2.29. The Hall–Kier alpha value is -3.48. The second-order valence-electron chi connectivity index (χ2n) is 7.80. The van der Waals surface area contributed by atoms with E-state index in [1.165, 1.54) is 27.8 Å². The molecule has 0 spiro atoms. The van der Waals surface area contributed by atoms with Crippen LogP contribution in [-0.4, -0.2) is 33.1 Å². The van der Waals surface area contributed by atoms with Gasteiger partial charge in [-0.25, -0.2) is 0 Å². The topological polar surface area (TPSA) is 80.3 Å². The maximum atomic E-state index is 12.9. The lowest BCUT2D eigenvalue weighted by Crippen LogP contribution is -2.22. The average molecular weight is 438 g/mol. The van der Waals surface area contributed by atoms with Crippen LogP contribution in [0.15, 0.2) is 36.1 Å². The fourth-order valence-electron chi connectivity index (χ4n) is 4.08. The molecule has 7 nitrogen and oxygen atoms in total. The molecule has 1 fully saturated rings. The molecule has 2 aromatic rings. The maximum Gasteiger partial charge on any atom is 0.314 e. The van der Waals surface area contributed by atoms with Gasteiger partial charge in [0.05, 0.1) is 32.8 Å². The average Bonchev–Trinajstić information content (AvgIpc) is 3.13. The van der Waals surface area contributed by atoms with Crippen LogP contribution in [0.5, 0.6) is 28.7 Å². The number of ketones is 1. The zero-order chi connectivity index (χ0) is 22.7. The zero-order valence-corrected chi connectivity index (χ0v) is 18.4. The van der Waals surface area contributed by atoms with E-state index in [4.69, 9.17) is 23.7 Å². The molecule has 0 saturated heterocycles. The fourth-order valence-corrected chi connectivity index (χ4v) is 4.08. The van der Waals surface area contributed by atoms with Crippen LogP contribution >= 0.6 is 0 Å². The molecule has 2 aromatic carbocycles. The Balaban J connectivity index is 1.57. The van der Waals surface area contributed by atoms with E-state index in [1.807, 2.05) is 0 Å². The summed E-state index contributed by atoms with van der Waals surface area (Å²) in [6, 6.07) is 8.22. The summed E-state index contributed by atoms with van der Waals surface area (Å²) in [5.74, 6) is 1.84. The molecule has 0 aromatic heterocycles. The SMILES string of the molecule is COc1cc(OC)c(OC)cc1/C=C1\Oc2cc(OC(=O)C3CCCCC3)ccc2C1=O. The van der Waals surface area contributed by atoms with Crippen LogP contribution in [0.3, 0.4) is 0 Å². The van der Waals surface area contributed by atoms with Gasteiger partial charge >= 0.3 is 5.97 Å². The van der Waals surface area contributed by atoms with Crippen molar-refractivity contribution in [3.05, 3.63) is 47.2 Å². The summed E-state index contributed by atoms with van der Waals surface area (Å²) in [5, 5.41) is 0. The monoisotopic (exact) mass is 438 g/mol. The van der Waals surface area contributed by atoms with Crippen LogP contribution in [0.4, 0.5) is 0 Å². The lowest BCUT2D eigenvalue weighted by atomic mass is 9.89. The summed E-state index contributed by atoms with van der Waals surface area (Å²) in [6.07, 6.45) is 6.58. The number of hydrogen-bond donors (Lipinski definition) is 0. The largest absolute Gasteiger partial charge is 0.496 e. The Morgan fingerprint density at radius 2 is 1.62 bits per heavy atom. The Bertz CT molecular complexity index is 1060. The molecule has 7 heteroatoms. The molecule has 1 saturated carbocycles. The molecule has 0 N–H and O–H groups in total. The lowest BCUT2D eigenvalue weighted by Gasteiger charge is -2.19. The Morgan fingerprint density at radius 3 is 2.31 bits per heavy atom. The molecule has 0 amide bonds. The molecule has 0 unspecified atom stereocenters. The van der Waals surface area contributed by atoms with Crippen molar-refractivity contribution in [1.29, 1.82) is 0 Å². The Kier molecular flexibility index (Phi) is 6.35. The van der Waals surface area contributed by atoms with Crippen molar-refractivity contribution in [3.63, 3.8) is 0 Å². The number of fused-ring (bicyclic) bond motifs is 1. The van der Waals surface area contributed by atoms with Gasteiger partial charge in [-0.3, -0.25) is 9.59 Å². The van der Waals surface area contributed by atoms with E-state index in [0.717, 1.165) is 25.7 Å². The predicted molar refractivity (Wildman–Crippen MR) is 118 cm³/mol. The van der Waals surface area contributed by atoms with Gasteiger partial charge < -0.3 is 23.7 Å². The van der Waals surface area contributed by atoms with Gasteiger partial charge in [0.1, 0.15) is 17.2 Å². The normalized spacial score (nSPS) is 17.0. The number of hydrogen-bond acceptors (Lipinski definition) is 7. The Morgan fingerprint density at radius 1 is 0.938 bits per heavy atom. The van der Waals surface area contributed by atoms with Crippen LogP contribution < -0.4 is 23.7 Å². The molecule has 1 heterocycles. The van der Waals surface area contributed by atoms with E-state index >= 15 is 0 Å². The van der Waals surface area contributed by atoms with Gasteiger partial charge in [0.25, 0.3) is 0 Å². The van der Waals surface area contributed by atoms with Crippen LogP contribution in [0, 0.1) is 5.92 Å². The number of carbonyl (C=O) groups excluding carboxylic acids is 2. The van der Waals surface area contributed by atoms with Gasteiger partial charge in [-0.1, -0.05) is 19.3 Å². The van der Waals surface area contributed by atoms with Gasteiger partial charge in [0, 0.05) is 17.7 Å². The summed E-state index contributed by atoms with van der Waals surface area (Å²) < 4.78 is 27.4. The van der Waals surface area contributed by atoms with Crippen LogP contribution in [0.2, 0.25) is 0 Å². The van der Waals surface area contributed by atoms with E-state index in [9.17, 15) is 9.59 Å². The third-order valence-electron chi connectivity index (χ3n) is 5.82. The number of esters is 1. The van der Waals surface area contributed by atoms with Crippen LogP contribution in [0.1, 0.15) is 48.0 Å². The van der Waals surface area contributed by atoms with Crippen molar-refractivity contribution < 1.29 is 33.3 Å². The van der Waals surface area contributed by atoms with Crippen molar-refractivity contribution in [3.8, 4) is 28.7 Å². The lowest BCUT2D eigenvalue weighted by molar-refractivity contribution is -0.139. The molecule has 0 radical (unpaired) electrons. The molecule has 0 atom stereocenters. The molecule has 2 aliphatic rings. The number of methoxy groups -OCH3 is 3. The summed E-state index contributed by atoms with van der Waals surface area (Å²) >= 11 is 0. The van der Waals surface area contributed by atoms with Crippen LogP contribution in [-0.2, 0) is 4.79 Å². The first-order chi connectivity index (χ1) is 15.5. The zero-order valence-electron chi connectivity index (χ0n) is 18.4. The van der Waals surface area contributed by atoms with Crippen molar-refractivity contribution >= 4 is 17.8 Å².